The van der Waals surface area contributed by atoms with Crippen molar-refractivity contribution in [2.75, 3.05) is 0 Å². The molecule has 1 aromatic carbocycles. The zero-order valence-corrected chi connectivity index (χ0v) is 14.5. The summed E-state index contributed by atoms with van der Waals surface area (Å²) in [5, 5.41) is 11.4. The number of fused-ring (bicyclic) bond motifs is 1. The number of hydrogen-bond acceptors (Lipinski definition) is 5. The van der Waals surface area contributed by atoms with E-state index in [1.807, 2.05) is 0 Å². The zero-order valence-electron chi connectivity index (χ0n) is 12.3. The highest BCUT2D eigenvalue weighted by molar-refractivity contribution is 6.36. The number of nitro groups is 1. The van der Waals surface area contributed by atoms with Gasteiger partial charge in [0.05, 0.1) is 31.2 Å². The highest BCUT2D eigenvalue weighted by Crippen LogP contribution is 2.24. The number of imidazole rings is 1. The van der Waals surface area contributed by atoms with Crippen molar-refractivity contribution in [3.8, 4) is 0 Å². The Labute approximate surface area is 155 Å². The lowest BCUT2D eigenvalue weighted by Gasteiger charge is -2.04. The Hall–Kier alpha value is -2.35. The van der Waals surface area contributed by atoms with Crippen LogP contribution in [0.15, 0.2) is 36.7 Å². The molecule has 0 atom stereocenters. The second-order valence-electron chi connectivity index (χ2n) is 4.97. The molecule has 0 radical (unpaired) electrons. The minimum atomic E-state index is -0.721. The fourth-order valence-electron chi connectivity index (χ4n) is 2.15. The van der Waals surface area contributed by atoms with Gasteiger partial charge in [0.25, 0.3) is 5.69 Å². The van der Waals surface area contributed by atoms with E-state index in [-0.39, 0.29) is 22.9 Å². The van der Waals surface area contributed by atoms with Gasteiger partial charge in [0.15, 0.2) is 5.65 Å². The SMILES string of the molecule is O=C(OCc1cn2cc(Cl)cc(Cl)c2n1)c1ccc([N+](=O)[O-])cc1Cl. The summed E-state index contributed by atoms with van der Waals surface area (Å²) in [6, 6.07) is 5.06. The summed E-state index contributed by atoms with van der Waals surface area (Å²) >= 11 is 17.9. The third kappa shape index (κ3) is 3.68. The Kier molecular flexibility index (Phi) is 4.80. The van der Waals surface area contributed by atoms with Gasteiger partial charge in [0.1, 0.15) is 6.61 Å². The third-order valence-electron chi connectivity index (χ3n) is 3.26. The number of esters is 1. The molecular weight excluding hydrogens is 393 g/mol. The van der Waals surface area contributed by atoms with E-state index in [1.54, 1.807) is 22.9 Å². The molecule has 0 amide bonds. The largest absolute Gasteiger partial charge is 0.455 e. The van der Waals surface area contributed by atoms with E-state index < -0.39 is 10.9 Å². The first-order valence-electron chi connectivity index (χ1n) is 6.79. The minimum absolute atomic E-state index is 0.0251. The lowest BCUT2D eigenvalue weighted by atomic mass is 10.2. The van der Waals surface area contributed by atoms with E-state index in [4.69, 9.17) is 39.5 Å². The molecular formula is C15H8Cl3N3O4. The molecule has 0 spiro atoms. The average Bonchev–Trinajstić information content (AvgIpc) is 2.95. The van der Waals surface area contributed by atoms with E-state index in [9.17, 15) is 14.9 Å². The number of rotatable bonds is 4. The molecule has 0 aliphatic heterocycles. The van der Waals surface area contributed by atoms with Crippen molar-refractivity contribution in [3.05, 3.63) is 73.1 Å². The van der Waals surface area contributed by atoms with E-state index in [0.29, 0.717) is 21.4 Å². The minimum Gasteiger partial charge on any atom is -0.455 e. The quantitative estimate of drug-likeness (QED) is 0.364. The van der Waals surface area contributed by atoms with Gasteiger partial charge in [-0.3, -0.25) is 10.1 Å². The van der Waals surface area contributed by atoms with Gasteiger partial charge in [-0.25, -0.2) is 9.78 Å². The molecule has 0 saturated carbocycles. The summed E-state index contributed by atoms with van der Waals surface area (Å²) < 4.78 is 6.77. The lowest BCUT2D eigenvalue weighted by molar-refractivity contribution is -0.384. The molecule has 0 N–H and O–H groups in total. The first kappa shape index (κ1) is 17.5. The van der Waals surface area contributed by atoms with Crippen molar-refractivity contribution in [3.63, 3.8) is 0 Å². The Morgan fingerprint density at radius 1 is 1.20 bits per heavy atom. The molecule has 0 aliphatic carbocycles. The normalized spacial score (nSPS) is 10.8. The fraction of sp³-hybridized carbons (Fsp3) is 0.0667. The molecule has 2 heterocycles. The van der Waals surface area contributed by atoms with Crippen LogP contribution in [0.4, 0.5) is 5.69 Å². The number of nitro benzene ring substituents is 1. The predicted molar refractivity (Wildman–Crippen MR) is 92.4 cm³/mol. The number of hydrogen-bond donors (Lipinski definition) is 0. The summed E-state index contributed by atoms with van der Waals surface area (Å²) in [6.07, 6.45) is 3.24. The van der Waals surface area contributed by atoms with E-state index in [1.165, 1.54) is 12.1 Å². The summed E-state index contributed by atoms with van der Waals surface area (Å²) in [4.78, 5) is 26.4. The summed E-state index contributed by atoms with van der Waals surface area (Å²) in [5.41, 5.74) is 0.742. The topological polar surface area (TPSA) is 86.7 Å². The van der Waals surface area contributed by atoms with Crippen molar-refractivity contribution in [1.82, 2.24) is 9.38 Å². The van der Waals surface area contributed by atoms with Gasteiger partial charge < -0.3 is 9.14 Å². The van der Waals surface area contributed by atoms with Crippen LogP contribution >= 0.6 is 34.8 Å². The van der Waals surface area contributed by atoms with Gasteiger partial charge in [-0.2, -0.15) is 0 Å². The number of non-ortho nitro benzene ring substituents is 1. The van der Waals surface area contributed by atoms with Crippen LogP contribution in [0.1, 0.15) is 16.1 Å². The van der Waals surface area contributed by atoms with Crippen molar-refractivity contribution in [2.45, 2.75) is 6.61 Å². The first-order valence-corrected chi connectivity index (χ1v) is 7.92. The standard InChI is InChI=1S/C15H8Cl3N3O4/c16-8-3-13(18)14-19-9(6-20(14)5-8)7-25-15(22)11-2-1-10(21(23)24)4-12(11)17/h1-6H,7H2. The van der Waals surface area contributed by atoms with Gasteiger partial charge in [0, 0.05) is 24.5 Å². The summed E-state index contributed by atoms with van der Waals surface area (Å²) in [5.74, 6) is -0.721. The van der Waals surface area contributed by atoms with Crippen molar-refractivity contribution >= 4 is 52.1 Å². The van der Waals surface area contributed by atoms with Crippen molar-refractivity contribution in [2.24, 2.45) is 0 Å². The smallest absolute Gasteiger partial charge is 0.340 e. The summed E-state index contributed by atoms with van der Waals surface area (Å²) in [6.45, 7) is -0.123. The van der Waals surface area contributed by atoms with Crippen molar-refractivity contribution < 1.29 is 14.5 Å². The Morgan fingerprint density at radius 2 is 1.96 bits per heavy atom. The predicted octanol–water partition coefficient (Wildman–Crippen LogP) is 4.56. The van der Waals surface area contributed by atoms with Gasteiger partial charge >= 0.3 is 5.97 Å². The number of pyridine rings is 1. The van der Waals surface area contributed by atoms with Gasteiger partial charge in [-0.1, -0.05) is 34.8 Å². The van der Waals surface area contributed by atoms with Crippen LogP contribution in [0, 0.1) is 10.1 Å². The maximum atomic E-state index is 12.1. The van der Waals surface area contributed by atoms with Gasteiger partial charge in [-0.05, 0) is 12.1 Å². The van der Waals surface area contributed by atoms with Crippen molar-refractivity contribution in [1.29, 1.82) is 0 Å². The van der Waals surface area contributed by atoms with Crippen LogP contribution in [0.2, 0.25) is 15.1 Å². The fourth-order valence-corrected chi connectivity index (χ4v) is 2.92. The highest BCUT2D eigenvalue weighted by atomic mass is 35.5. The first-order chi connectivity index (χ1) is 11.8. The third-order valence-corrected chi connectivity index (χ3v) is 4.05. The number of carbonyl (C=O) groups is 1. The van der Waals surface area contributed by atoms with Crippen LogP contribution in [0.5, 0.6) is 0 Å². The molecule has 3 rings (SSSR count). The van der Waals surface area contributed by atoms with Gasteiger partial charge in [-0.15, -0.1) is 0 Å². The monoisotopic (exact) mass is 399 g/mol. The van der Waals surface area contributed by atoms with Crippen LogP contribution < -0.4 is 0 Å². The number of halogens is 3. The van der Waals surface area contributed by atoms with Crippen LogP contribution in [0.3, 0.4) is 0 Å². The molecule has 25 heavy (non-hydrogen) atoms. The molecule has 2 aromatic heterocycles. The molecule has 0 fully saturated rings. The highest BCUT2D eigenvalue weighted by Gasteiger charge is 2.17. The number of ether oxygens (including phenoxy) is 1. The van der Waals surface area contributed by atoms with Gasteiger partial charge in [0.2, 0.25) is 0 Å². The molecule has 7 nitrogen and oxygen atoms in total. The van der Waals surface area contributed by atoms with E-state index in [2.05, 4.69) is 4.98 Å². The van der Waals surface area contributed by atoms with E-state index >= 15 is 0 Å². The molecule has 10 heteroatoms. The molecule has 0 unspecified atom stereocenters. The van der Waals surface area contributed by atoms with Crippen LogP contribution in [-0.4, -0.2) is 20.3 Å². The molecule has 3 aromatic rings. The van der Waals surface area contributed by atoms with Crippen LogP contribution in [0.25, 0.3) is 5.65 Å². The maximum absolute atomic E-state index is 12.1. The summed E-state index contributed by atoms with van der Waals surface area (Å²) in [7, 11) is 0. The number of nitrogens with zero attached hydrogens (tertiary/aromatic N) is 3. The Morgan fingerprint density at radius 3 is 2.64 bits per heavy atom. The van der Waals surface area contributed by atoms with E-state index in [0.717, 1.165) is 6.07 Å². The number of carbonyl (C=O) groups excluding carboxylic acids is 1. The molecule has 128 valence electrons. The van der Waals surface area contributed by atoms with Crippen LogP contribution in [-0.2, 0) is 11.3 Å². The molecule has 0 aliphatic rings. The average molecular weight is 401 g/mol. The zero-order chi connectivity index (χ0) is 18.1. The number of benzene rings is 1. The Balaban J connectivity index is 1.76. The number of aromatic nitrogens is 2. The Bertz CT molecular complexity index is 1000. The molecule has 0 saturated heterocycles. The maximum Gasteiger partial charge on any atom is 0.340 e. The second kappa shape index (κ2) is 6.87. The second-order valence-corrected chi connectivity index (χ2v) is 6.22. The lowest BCUT2D eigenvalue weighted by Crippen LogP contribution is -2.06. The molecule has 0 bridgehead atoms.